The van der Waals surface area contributed by atoms with E-state index in [1.165, 1.54) is 0 Å². The van der Waals surface area contributed by atoms with E-state index in [2.05, 4.69) is 0 Å². The molecule has 0 aliphatic rings. The van der Waals surface area contributed by atoms with Gasteiger partial charge in [-0.2, -0.15) is 30.7 Å². The minimum atomic E-state index is -5.53. The minimum absolute atomic E-state index is 0.322. The lowest BCUT2D eigenvalue weighted by Gasteiger charge is -2.21. The first-order valence-electron chi connectivity index (χ1n) is 8.64. The molecule has 0 saturated heterocycles. The van der Waals surface area contributed by atoms with E-state index in [0.717, 1.165) is 24.3 Å². The Hall–Kier alpha value is -3.77. The van der Waals surface area contributed by atoms with Crippen molar-refractivity contribution in [3.05, 3.63) is 71.0 Å². The third-order valence-corrected chi connectivity index (χ3v) is 4.01. The van der Waals surface area contributed by atoms with Gasteiger partial charge in [0.25, 0.3) is 0 Å². The second-order valence-corrected chi connectivity index (χ2v) is 6.58. The van der Waals surface area contributed by atoms with Crippen LogP contribution < -0.4 is 20.9 Å². The largest absolute Gasteiger partial charge is 0.453 e. The average Bonchev–Trinajstić information content (AvgIpc) is 2.61. The van der Waals surface area contributed by atoms with Gasteiger partial charge in [-0.15, -0.1) is 0 Å². The number of nitrogens with two attached hydrogens (primary N) is 2. The molecule has 0 bridgehead atoms. The highest BCUT2D eigenvalue weighted by Crippen LogP contribution is 2.49. The summed E-state index contributed by atoms with van der Waals surface area (Å²) in [5.74, 6) is -9.35. The molecule has 3 aromatic carbocycles. The summed E-state index contributed by atoms with van der Waals surface area (Å²) in [7, 11) is 0. The smallest absolute Gasteiger partial charge is 0.420 e. The zero-order valence-corrected chi connectivity index (χ0v) is 15.9. The van der Waals surface area contributed by atoms with Gasteiger partial charge in [0.05, 0.1) is 0 Å². The van der Waals surface area contributed by atoms with Gasteiger partial charge in [0.15, 0.2) is 11.5 Å². The zero-order chi connectivity index (χ0) is 24.7. The van der Waals surface area contributed by atoms with Crippen LogP contribution in [0.3, 0.4) is 0 Å². The Balaban J connectivity index is 2.27. The number of ether oxygens (including phenoxy) is 2. The van der Waals surface area contributed by atoms with E-state index in [1.807, 2.05) is 0 Å². The molecule has 0 aliphatic heterocycles. The van der Waals surface area contributed by atoms with Crippen LogP contribution in [0.25, 0.3) is 0 Å². The van der Waals surface area contributed by atoms with Crippen LogP contribution in [0, 0.1) is 17.5 Å². The Morgan fingerprint density at radius 1 is 0.545 bits per heavy atom. The number of nitrogen functional groups attached to an aromatic ring is 2. The normalized spacial score (nSPS) is 12.0. The van der Waals surface area contributed by atoms with E-state index in [4.69, 9.17) is 20.9 Å². The summed E-state index contributed by atoms with van der Waals surface area (Å²) in [5.41, 5.74) is 5.75. The third-order valence-electron chi connectivity index (χ3n) is 4.01. The first kappa shape index (κ1) is 23.9. The van der Waals surface area contributed by atoms with Crippen molar-refractivity contribution < 1.29 is 49.0 Å². The Morgan fingerprint density at radius 2 is 0.909 bits per heavy atom. The van der Waals surface area contributed by atoms with Crippen molar-refractivity contribution in [2.75, 3.05) is 11.5 Å². The summed E-state index contributed by atoms with van der Waals surface area (Å²) in [6, 6.07) is 3.78. The van der Waals surface area contributed by atoms with Crippen molar-refractivity contribution >= 4 is 11.4 Å². The first-order valence-corrected chi connectivity index (χ1v) is 8.64. The topological polar surface area (TPSA) is 70.5 Å². The molecule has 0 amide bonds. The van der Waals surface area contributed by atoms with Crippen LogP contribution in [-0.2, 0) is 12.4 Å². The monoisotopic (exact) mass is 482 g/mol. The fourth-order valence-corrected chi connectivity index (χ4v) is 2.76. The second-order valence-electron chi connectivity index (χ2n) is 6.58. The van der Waals surface area contributed by atoms with Crippen LogP contribution in [0.15, 0.2) is 42.5 Å². The number of hydrogen-bond acceptors (Lipinski definition) is 4. The molecule has 176 valence electrons. The molecule has 0 heterocycles. The van der Waals surface area contributed by atoms with Crippen molar-refractivity contribution in [1.29, 1.82) is 0 Å². The molecular formula is C20H11F9N2O2. The maximum absolute atomic E-state index is 15.1. The van der Waals surface area contributed by atoms with Crippen LogP contribution in [0.5, 0.6) is 23.0 Å². The van der Waals surface area contributed by atoms with E-state index in [1.54, 1.807) is 0 Å². The van der Waals surface area contributed by atoms with Crippen LogP contribution in [0.2, 0.25) is 0 Å². The first-order chi connectivity index (χ1) is 15.1. The van der Waals surface area contributed by atoms with Crippen LogP contribution in [0.4, 0.5) is 50.9 Å². The lowest BCUT2D eigenvalue weighted by atomic mass is 10.1. The number of halogens is 9. The fourth-order valence-electron chi connectivity index (χ4n) is 2.76. The molecule has 33 heavy (non-hydrogen) atoms. The van der Waals surface area contributed by atoms with Gasteiger partial charge in [-0.05, 0) is 18.2 Å². The van der Waals surface area contributed by atoms with Crippen LogP contribution >= 0.6 is 0 Å². The SMILES string of the molecule is Nc1cc(F)cc(Oc2c(C(F)(F)F)cc(C(F)(F)F)c(Oc3cc(N)cc(F)c3)c2F)c1. The highest BCUT2D eigenvalue weighted by Gasteiger charge is 2.44. The number of alkyl halides is 6. The Bertz CT molecular complexity index is 1080. The molecule has 3 aromatic rings. The molecule has 0 radical (unpaired) electrons. The molecule has 0 atom stereocenters. The van der Waals surface area contributed by atoms with Crippen LogP contribution in [0.1, 0.15) is 11.1 Å². The van der Waals surface area contributed by atoms with Crippen molar-refractivity contribution in [3.63, 3.8) is 0 Å². The minimum Gasteiger partial charge on any atom is -0.453 e. The summed E-state index contributed by atoms with van der Waals surface area (Å²) in [6.07, 6.45) is -11.1. The molecule has 0 unspecified atom stereocenters. The van der Waals surface area contributed by atoms with Gasteiger partial charge < -0.3 is 20.9 Å². The van der Waals surface area contributed by atoms with Gasteiger partial charge in [0.2, 0.25) is 5.82 Å². The molecule has 0 aliphatic carbocycles. The lowest BCUT2D eigenvalue weighted by Crippen LogP contribution is -2.15. The zero-order valence-electron chi connectivity index (χ0n) is 15.9. The van der Waals surface area contributed by atoms with Gasteiger partial charge in [-0.25, -0.2) is 8.78 Å². The number of rotatable bonds is 4. The van der Waals surface area contributed by atoms with Gasteiger partial charge in [-0.1, -0.05) is 0 Å². The predicted octanol–water partition coefficient (Wildman–Crippen LogP) is 6.89. The summed E-state index contributed by atoms with van der Waals surface area (Å²) >= 11 is 0. The quantitative estimate of drug-likeness (QED) is 0.314. The molecular weight excluding hydrogens is 471 g/mol. The van der Waals surface area contributed by atoms with Gasteiger partial charge in [0.1, 0.15) is 34.3 Å². The van der Waals surface area contributed by atoms with Crippen molar-refractivity contribution in [2.45, 2.75) is 12.4 Å². The number of benzene rings is 3. The molecule has 0 spiro atoms. The highest BCUT2D eigenvalue weighted by atomic mass is 19.4. The second kappa shape index (κ2) is 8.30. The Morgan fingerprint density at radius 3 is 1.21 bits per heavy atom. The molecule has 3 rings (SSSR count). The number of hydrogen-bond donors (Lipinski definition) is 2. The Labute approximate surface area is 179 Å². The molecule has 4 nitrogen and oxygen atoms in total. The average molecular weight is 482 g/mol. The third kappa shape index (κ3) is 5.35. The molecule has 0 aromatic heterocycles. The molecule has 4 N–H and O–H groups in total. The van der Waals surface area contributed by atoms with Crippen molar-refractivity contribution in [3.8, 4) is 23.0 Å². The van der Waals surface area contributed by atoms with E-state index >= 15 is 4.39 Å². The van der Waals surface area contributed by atoms with Crippen molar-refractivity contribution in [1.82, 2.24) is 0 Å². The predicted molar refractivity (Wildman–Crippen MR) is 98.2 cm³/mol. The molecule has 0 saturated carbocycles. The number of anilines is 2. The standard InChI is InChI=1S/C20H11F9N2O2/c21-8-1-10(30)5-12(3-8)32-17-14(19(24,25)26)7-15(20(27,28)29)18(16(17)23)33-13-4-9(22)2-11(31)6-13/h1-7H,30-31H2. The maximum atomic E-state index is 15.1. The fraction of sp³-hybridized carbons (Fsp3) is 0.100. The summed E-state index contributed by atoms with van der Waals surface area (Å²) in [6.45, 7) is 0. The highest BCUT2D eigenvalue weighted by molar-refractivity contribution is 5.55. The summed E-state index contributed by atoms with van der Waals surface area (Å²) in [5, 5.41) is 0. The summed E-state index contributed by atoms with van der Waals surface area (Å²) in [4.78, 5) is 0. The van der Waals surface area contributed by atoms with Crippen molar-refractivity contribution in [2.24, 2.45) is 0 Å². The van der Waals surface area contributed by atoms with E-state index in [-0.39, 0.29) is 11.4 Å². The van der Waals surface area contributed by atoms with E-state index in [0.29, 0.717) is 12.1 Å². The van der Waals surface area contributed by atoms with Crippen LogP contribution in [-0.4, -0.2) is 0 Å². The van der Waals surface area contributed by atoms with E-state index in [9.17, 15) is 35.1 Å². The van der Waals surface area contributed by atoms with Gasteiger partial charge in [0, 0.05) is 35.6 Å². The molecule has 13 heteroatoms. The van der Waals surface area contributed by atoms with Gasteiger partial charge >= 0.3 is 12.4 Å². The lowest BCUT2D eigenvalue weighted by molar-refractivity contribution is -0.144. The Kier molecular flexibility index (Phi) is 6.00. The molecule has 0 fully saturated rings. The maximum Gasteiger partial charge on any atom is 0.420 e. The summed E-state index contributed by atoms with van der Waals surface area (Å²) < 4.78 is 133. The van der Waals surface area contributed by atoms with E-state index < -0.39 is 70.0 Å². The van der Waals surface area contributed by atoms with Gasteiger partial charge in [-0.3, -0.25) is 0 Å².